The number of nitrogens with zero attached hydrogens (tertiary/aromatic N) is 2. The van der Waals surface area contributed by atoms with Crippen molar-refractivity contribution in [2.24, 2.45) is 5.92 Å². The molecule has 2 N–H and O–H groups in total. The van der Waals surface area contributed by atoms with Crippen LogP contribution in [-0.2, 0) is 9.59 Å². The van der Waals surface area contributed by atoms with Gasteiger partial charge in [-0.15, -0.1) is 11.3 Å². The Morgan fingerprint density at radius 3 is 2.56 bits per heavy atom. The predicted molar refractivity (Wildman–Crippen MR) is 128 cm³/mol. The minimum atomic E-state index is -0.633. The number of benzene rings is 2. The predicted octanol–water partition coefficient (Wildman–Crippen LogP) is 2.95. The van der Waals surface area contributed by atoms with Crippen LogP contribution in [0.4, 0.5) is 5.69 Å². The maximum atomic E-state index is 12.7. The Morgan fingerprint density at radius 2 is 1.85 bits per heavy atom. The summed E-state index contributed by atoms with van der Waals surface area (Å²) in [6.07, 6.45) is 0.0137. The number of hydrogen-bond donors (Lipinski definition) is 2. The van der Waals surface area contributed by atoms with Crippen molar-refractivity contribution in [3.8, 4) is 22.1 Å². The molecule has 10 heteroatoms. The van der Waals surface area contributed by atoms with Gasteiger partial charge in [-0.2, -0.15) is 0 Å². The molecule has 176 valence electrons. The van der Waals surface area contributed by atoms with Gasteiger partial charge < -0.3 is 14.4 Å². The SMILES string of the molecule is COc1ccc(OC)c(N2CC(C(=O)NNC(=O)c3sc(-c4ccccc4)nc3C)CC2=O)c1. The van der Waals surface area contributed by atoms with Crippen molar-refractivity contribution in [2.75, 3.05) is 25.7 Å². The second-order valence-electron chi connectivity index (χ2n) is 7.69. The zero-order valence-electron chi connectivity index (χ0n) is 19.0. The summed E-state index contributed by atoms with van der Waals surface area (Å²) in [5, 5.41) is 0.721. The van der Waals surface area contributed by atoms with Gasteiger partial charge in [0.2, 0.25) is 11.8 Å². The summed E-state index contributed by atoms with van der Waals surface area (Å²) in [6.45, 7) is 1.90. The van der Waals surface area contributed by atoms with Crippen molar-refractivity contribution in [1.82, 2.24) is 15.8 Å². The van der Waals surface area contributed by atoms with E-state index in [2.05, 4.69) is 15.8 Å². The molecule has 1 atom stereocenters. The monoisotopic (exact) mass is 480 g/mol. The number of carbonyl (C=O) groups is 3. The highest BCUT2D eigenvalue weighted by Crippen LogP contribution is 2.36. The van der Waals surface area contributed by atoms with E-state index >= 15 is 0 Å². The van der Waals surface area contributed by atoms with E-state index in [0.29, 0.717) is 27.8 Å². The first kappa shape index (κ1) is 23.2. The van der Waals surface area contributed by atoms with Crippen molar-refractivity contribution in [3.63, 3.8) is 0 Å². The number of thiazole rings is 1. The highest BCUT2D eigenvalue weighted by Gasteiger charge is 2.36. The zero-order chi connectivity index (χ0) is 24.2. The van der Waals surface area contributed by atoms with Crippen LogP contribution < -0.4 is 25.2 Å². The molecule has 0 aliphatic carbocycles. The normalized spacial score (nSPS) is 15.2. The van der Waals surface area contributed by atoms with Crippen molar-refractivity contribution in [1.29, 1.82) is 0 Å². The molecule has 9 nitrogen and oxygen atoms in total. The molecule has 0 saturated carbocycles. The third kappa shape index (κ3) is 4.72. The fourth-order valence-corrected chi connectivity index (χ4v) is 4.68. The van der Waals surface area contributed by atoms with E-state index in [4.69, 9.17) is 9.47 Å². The van der Waals surface area contributed by atoms with Gasteiger partial charge in [0.05, 0.1) is 31.5 Å². The number of hydrazine groups is 1. The van der Waals surface area contributed by atoms with Crippen LogP contribution in [0.15, 0.2) is 48.5 Å². The smallest absolute Gasteiger partial charge is 0.281 e. The average molecular weight is 481 g/mol. The third-order valence-electron chi connectivity index (χ3n) is 5.50. The van der Waals surface area contributed by atoms with Gasteiger partial charge in [0.25, 0.3) is 5.91 Å². The van der Waals surface area contributed by atoms with E-state index in [9.17, 15) is 14.4 Å². The topological polar surface area (TPSA) is 110 Å². The number of aryl methyl sites for hydroxylation is 1. The van der Waals surface area contributed by atoms with Gasteiger partial charge in [0, 0.05) is 24.6 Å². The molecule has 0 spiro atoms. The van der Waals surface area contributed by atoms with Crippen LogP contribution >= 0.6 is 11.3 Å². The molecule has 1 aliphatic heterocycles. The molecule has 1 aromatic heterocycles. The van der Waals surface area contributed by atoms with Crippen LogP contribution in [0.25, 0.3) is 10.6 Å². The largest absolute Gasteiger partial charge is 0.497 e. The molecule has 2 heterocycles. The van der Waals surface area contributed by atoms with Crippen LogP contribution in [-0.4, -0.2) is 43.5 Å². The van der Waals surface area contributed by atoms with Crippen LogP contribution in [0.1, 0.15) is 21.8 Å². The average Bonchev–Trinajstić information content (AvgIpc) is 3.45. The summed E-state index contributed by atoms with van der Waals surface area (Å²) in [5.74, 6) is -0.690. The van der Waals surface area contributed by atoms with Crippen LogP contribution in [0.3, 0.4) is 0 Å². The number of aromatic nitrogens is 1. The Morgan fingerprint density at radius 1 is 1.09 bits per heavy atom. The first-order valence-corrected chi connectivity index (χ1v) is 11.4. The number of nitrogens with one attached hydrogen (secondary N) is 2. The summed E-state index contributed by atoms with van der Waals surface area (Å²) in [6, 6.07) is 14.7. The van der Waals surface area contributed by atoms with Crippen molar-refractivity contribution in [2.45, 2.75) is 13.3 Å². The van der Waals surface area contributed by atoms with E-state index in [1.807, 2.05) is 30.3 Å². The summed E-state index contributed by atoms with van der Waals surface area (Å²) in [5.41, 5.74) is 6.91. The van der Waals surface area contributed by atoms with E-state index < -0.39 is 17.7 Å². The molecule has 1 unspecified atom stereocenters. The molecular weight excluding hydrogens is 456 g/mol. The lowest BCUT2D eigenvalue weighted by Gasteiger charge is -2.20. The molecule has 1 fully saturated rings. The molecule has 3 aromatic rings. The third-order valence-corrected chi connectivity index (χ3v) is 6.70. The lowest BCUT2D eigenvalue weighted by Crippen LogP contribution is -2.45. The van der Waals surface area contributed by atoms with Crippen molar-refractivity contribution in [3.05, 3.63) is 59.1 Å². The number of methoxy groups -OCH3 is 2. The van der Waals surface area contributed by atoms with Gasteiger partial charge in [0.1, 0.15) is 21.4 Å². The zero-order valence-corrected chi connectivity index (χ0v) is 19.8. The number of anilines is 1. The highest BCUT2D eigenvalue weighted by atomic mass is 32.1. The molecule has 0 bridgehead atoms. The van der Waals surface area contributed by atoms with Gasteiger partial charge in [-0.1, -0.05) is 30.3 Å². The van der Waals surface area contributed by atoms with Gasteiger partial charge in [-0.3, -0.25) is 25.2 Å². The summed E-state index contributed by atoms with van der Waals surface area (Å²) in [7, 11) is 3.04. The van der Waals surface area contributed by atoms with E-state index in [-0.39, 0.29) is 18.9 Å². The molecule has 1 aliphatic rings. The number of ether oxygens (including phenoxy) is 2. The van der Waals surface area contributed by atoms with Crippen molar-refractivity contribution < 1.29 is 23.9 Å². The number of rotatable bonds is 6. The Labute approximate surface area is 200 Å². The summed E-state index contributed by atoms with van der Waals surface area (Å²) in [4.78, 5) is 44.4. The fourth-order valence-electron chi connectivity index (χ4n) is 3.71. The molecule has 1 saturated heterocycles. The number of amides is 3. The van der Waals surface area contributed by atoms with Crippen LogP contribution in [0, 0.1) is 12.8 Å². The standard InChI is InChI=1S/C24H24N4O5S/c1-14-21(34-24(25-14)15-7-5-4-6-8-15)23(31)27-26-22(30)16-11-20(29)28(13-16)18-12-17(32-2)9-10-19(18)33-3/h4-10,12,16H,11,13H2,1-3H3,(H,26,30)(H,27,31). The number of hydrogen-bond acceptors (Lipinski definition) is 7. The summed E-state index contributed by atoms with van der Waals surface area (Å²) >= 11 is 1.25. The van der Waals surface area contributed by atoms with E-state index in [0.717, 1.165) is 10.6 Å². The van der Waals surface area contributed by atoms with E-state index in [1.165, 1.54) is 30.5 Å². The molecular formula is C24H24N4O5S. The summed E-state index contributed by atoms with van der Waals surface area (Å²) < 4.78 is 10.6. The minimum absolute atomic E-state index is 0.0137. The van der Waals surface area contributed by atoms with Gasteiger partial charge in [-0.05, 0) is 19.1 Å². The Hall–Kier alpha value is -3.92. The Bertz CT molecular complexity index is 1230. The maximum absolute atomic E-state index is 12.7. The minimum Gasteiger partial charge on any atom is -0.497 e. The first-order valence-electron chi connectivity index (χ1n) is 10.6. The van der Waals surface area contributed by atoms with Gasteiger partial charge in [0.15, 0.2) is 0 Å². The molecule has 34 heavy (non-hydrogen) atoms. The second-order valence-corrected chi connectivity index (χ2v) is 8.69. The molecule has 3 amide bonds. The van der Waals surface area contributed by atoms with Gasteiger partial charge >= 0.3 is 0 Å². The quantitative estimate of drug-likeness (QED) is 0.525. The first-order chi connectivity index (χ1) is 16.4. The Balaban J connectivity index is 1.40. The molecule has 0 radical (unpaired) electrons. The lowest BCUT2D eigenvalue weighted by atomic mass is 10.1. The van der Waals surface area contributed by atoms with Crippen molar-refractivity contribution >= 4 is 34.7 Å². The van der Waals surface area contributed by atoms with Crippen LogP contribution in [0.2, 0.25) is 0 Å². The maximum Gasteiger partial charge on any atom is 0.281 e. The second kappa shape index (κ2) is 9.92. The highest BCUT2D eigenvalue weighted by molar-refractivity contribution is 7.17. The lowest BCUT2D eigenvalue weighted by molar-refractivity contribution is -0.126. The molecule has 4 rings (SSSR count). The van der Waals surface area contributed by atoms with Crippen LogP contribution in [0.5, 0.6) is 11.5 Å². The van der Waals surface area contributed by atoms with Gasteiger partial charge in [-0.25, -0.2) is 4.98 Å². The molecule has 2 aromatic carbocycles. The Kier molecular flexibility index (Phi) is 6.78. The number of carbonyl (C=O) groups excluding carboxylic acids is 3. The van der Waals surface area contributed by atoms with E-state index in [1.54, 1.807) is 25.1 Å². The fraction of sp³-hybridized carbons (Fsp3) is 0.250.